The van der Waals surface area contributed by atoms with Crippen LogP contribution in [0.3, 0.4) is 0 Å². The molecule has 15 heteroatoms. The Labute approximate surface area is 241 Å². The summed E-state index contributed by atoms with van der Waals surface area (Å²) in [4.78, 5) is 48.2. The van der Waals surface area contributed by atoms with Crippen molar-refractivity contribution < 1.29 is 9.63 Å². The lowest BCUT2D eigenvalue weighted by atomic mass is 10.1. The Bertz CT molecular complexity index is 1920. The van der Waals surface area contributed by atoms with Crippen molar-refractivity contribution in [3.8, 4) is 0 Å². The number of anilines is 1. The van der Waals surface area contributed by atoms with E-state index in [1.54, 1.807) is 18.6 Å². The monoisotopic (exact) mass is 587 g/mol. The highest BCUT2D eigenvalue weighted by atomic mass is 35.5. The van der Waals surface area contributed by atoms with Gasteiger partial charge in [0, 0.05) is 42.3 Å². The smallest absolute Gasteiger partial charge is 0.261 e. The predicted octanol–water partition coefficient (Wildman–Crippen LogP) is 2.84. The van der Waals surface area contributed by atoms with Crippen LogP contribution in [-0.2, 0) is 11.2 Å². The van der Waals surface area contributed by atoms with E-state index in [4.69, 9.17) is 26.4 Å². The highest BCUT2D eigenvalue weighted by Gasteiger charge is 2.32. The molecule has 7 rings (SSSR count). The van der Waals surface area contributed by atoms with Crippen LogP contribution in [0.5, 0.6) is 0 Å². The molecule has 206 valence electrons. The van der Waals surface area contributed by atoms with E-state index in [0.29, 0.717) is 56.9 Å². The molecule has 1 saturated heterocycles. The third-order valence-corrected chi connectivity index (χ3v) is 7.91. The molecule has 1 fully saturated rings. The lowest BCUT2D eigenvalue weighted by Gasteiger charge is -2.40. The first-order chi connectivity index (χ1) is 20.1. The highest BCUT2D eigenvalue weighted by molar-refractivity contribution is 7.99. The first kappa shape index (κ1) is 25.4. The normalized spacial score (nSPS) is 13.7. The Kier molecular flexibility index (Phi) is 6.47. The zero-order chi connectivity index (χ0) is 27.9. The molecule has 0 spiro atoms. The molecule has 13 nitrogen and oxygen atoms in total. The lowest BCUT2D eigenvalue weighted by molar-refractivity contribution is -0.127. The number of benzene rings is 1. The minimum Gasteiger partial charge on any atom is -0.385 e. The number of carbonyl (C=O) groups excluding carboxylic acids is 1. The molecule has 0 bridgehead atoms. The van der Waals surface area contributed by atoms with Crippen molar-refractivity contribution in [2.45, 2.75) is 29.4 Å². The number of H-pyrrole nitrogens is 1. The fraction of sp³-hybridized carbons (Fsp3) is 0.231. The maximum absolute atomic E-state index is 12.6. The Morgan fingerprint density at radius 2 is 2.02 bits per heavy atom. The van der Waals surface area contributed by atoms with E-state index in [9.17, 15) is 4.79 Å². The van der Waals surface area contributed by atoms with Crippen LogP contribution in [0.25, 0.3) is 33.2 Å². The number of nitrogens with one attached hydrogen (secondary N) is 2. The van der Waals surface area contributed by atoms with E-state index in [2.05, 4.69) is 40.5 Å². The van der Waals surface area contributed by atoms with E-state index >= 15 is 0 Å². The number of fused-ring (bicyclic) bond motifs is 3. The zero-order valence-electron chi connectivity index (χ0n) is 21.7. The van der Waals surface area contributed by atoms with Crippen molar-refractivity contribution in [2.75, 3.05) is 24.6 Å². The van der Waals surface area contributed by atoms with Gasteiger partial charge in [0.1, 0.15) is 28.0 Å². The average molecular weight is 588 g/mol. The minimum absolute atomic E-state index is 0.0775. The molecule has 6 aromatic rings. The van der Waals surface area contributed by atoms with Crippen LogP contribution < -0.4 is 15.1 Å². The number of pyridine rings is 1. The number of hydrogen-bond acceptors (Lipinski definition) is 11. The van der Waals surface area contributed by atoms with Gasteiger partial charge in [-0.25, -0.2) is 19.9 Å². The summed E-state index contributed by atoms with van der Waals surface area (Å²) < 4.78 is 0. The number of aryl methyl sites for hydroxylation is 1. The first-order valence-electron chi connectivity index (χ1n) is 12.9. The Balaban J connectivity index is 1.07. The molecular formula is C26H22ClN11O2S. The first-order valence-corrected chi connectivity index (χ1v) is 14.1. The molecule has 1 amide bonds. The molecule has 0 atom stereocenters. The molecule has 1 aliphatic heterocycles. The van der Waals surface area contributed by atoms with Gasteiger partial charge in [-0.3, -0.25) is 9.78 Å². The van der Waals surface area contributed by atoms with Gasteiger partial charge in [0.15, 0.2) is 17.4 Å². The fourth-order valence-corrected chi connectivity index (χ4v) is 5.77. The number of amides is 1. The van der Waals surface area contributed by atoms with Crippen LogP contribution in [0.15, 0.2) is 59.0 Å². The third kappa shape index (κ3) is 4.85. The Hall–Kier alpha value is -4.56. The van der Waals surface area contributed by atoms with Crippen LogP contribution >= 0.6 is 23.4 Å². The highest BCUT2D eigenvalue weighted by Crippen LogP contribution is 2.38. The van der Waals surface area contributed by atoms with Gasteiger partial charge in [-0.05, 0) is 41.6 Å². The molecule has 0 unspecified atom stereocenters. The summed E-state index contributed by atoms with van der Waals surface area (Å²) >= 11 is 8.13. The van der Waals surface area contributed by atoms with E-state index in [1.165, 1.54) is 16.6 Å². The SMILES string of the molecule is CCc1[nH]c2nc(Sc3cnc4nccnc4c3)nc(N3CC(NC(=O)COn4nnc5ccccc54)C3)c2c1Cl. The molecule has 1 aliphatic rings. The van der Waals surface area contributed by atoms with Gasteiger partial charge in [0.2, 0.25) is 0 Å². The van der Waals surface area contributed by atoms with E-state index in [1.807, 2.05) is 37.3 Å². The summed E-state index contributed by atoms with van der Waals surface area (Å²) in [5, 5.41) is 12.9. The van der Waals surface area contributed by atoms with Crippen LogP contribution in [0.1, 0.15) is 12.6 Å². The second-order valence-electron chi connectivity index (χ2n) is 9.39. The number of rotatable bonds is 8. The molecule has 0 aliphatic carbocycles. The largest absolute Gasteiger partial charge is 0.385 e. The number of para-hydroxylation sites is 1. The molecule has 6 heterocycles. The Morgan fingerprint density at radius 1 is 1.17 bits per heavy atom. The maximum atomic E-state index is 12.6. The van der Waals surface area contributed by atoms with Crippen molar-refractivity contribution in [3.05, 3.63) is 59.6 Å². The number of carbonyl (C=O) groups is 1. The summed E-state index contributed by atoms with van der Waals surface area (Å²) in [7, 11) is 0. The minimum atomic E-state index is -0.252. The van der Waals surface area contributed by atoms with Crippen molar-refractivity contribution in [2.24, 2.45) is 0 Å². The topological polar surface area (TPSA) is 153 Å². The summed E-state index contributed by atoms with van der Waals surface area (Å²) in [5.41, 5.74) is 4.21. The molecule has 2 N–H and O–H groups in total. The average Bonchev–Trinajstić information content (AvgIpc) is 3.53. The molecule has 1 aromatic carbocycles. The number of hydrogen-bond donors (Lipinski definition) is 2. The van der Waals surface area contributed by atoms with Gasteiger partial charge in [0.25, 0.3) is 5.91 Å². The van der Waals surface area contributed by atoms with Crippen molar-refractivity contribution in [1.82, 2.24) is 50.4 Å². The summed E-state index contributed by atoms with van der Waals surface area (Å²) in [6.45, 7) is 2.96. The van der Waals surface area contributed by atoms with Crippen molar-refractivity contribution in [1.29, 1.82) is 0 Å². The number of nitrogens with zero attached hydrogens (tertiary/aromatic N) is 9. The van der Waals surface area contributed by atoms with Gasteiger partial charge in [0.05, 0.1) is 16.5 Å². The van der Waals surface area contributed by atoms with Gasteiger partial charge >= 0.3 is 0 Å². The molecule has 5 aromatic heterocycles. The van der Waals surface area contributed by atoms with Gasteiger partial charge < -0.3 is 20.0 Å². The second kappa shape index (κ2) is 10.4. The van der Waals surface area contributed by atoms with Gasteiger partial charge in [-0.1, -0.05) is 35.5 Å². The quantitative estimate of drug-likeness (QED) is 0.253. The van der Waals surface area contributed by atoms with Crippen molar-refractivity contribution >= 4 is 68.3 Å². The van der Waals surface area contributed by atoms with E-state index in [-0.39, 0.29) is 18.6 Å². The molecule has 0 saturated carbocycles. The van der Waals surface area contributed by atoms with Gasteiger partial charge in [-0.2, -0.15) is 0 Å². The van der Waals surface area contributed by atoms with Crippen LogP contribution in [0.2, 0.25) is 5.02 Å². The second-order valence-corrected chi connectivity index (χ2v) is 10.8. The number of aromatic amines is 1. The summed E-state index contributed by atoms with van der Waals surface area (Å²) in [5.74, 6) is 0.459. The lowest BCUT2D eigenvalue weighted by Crippen LogP contribution is -2.60. The molecule has 0 radical (unpaired) electrons. The standard InChI is InChI=1S/C26H22ClN11O2S/c1-2-16-22(27)21-24(32-16)33-26(41-15-9-18-23(30-10-15)29-8-7-28-18)34-25(21)37-11-14(12-37)31-20(39)13-40-38-19-6-4-3-5-17(19)35-36-38/h3-10,14H,2,11-13H2,1H3,(H,31,39)(H,32,33,34). The predicted molar refractivity (Wildman–Crippen MR) is 153 cm³/mol. The fourth-order valence-electron chi connectivity index (χ4n) is 4.66. The van der Waals surface area contributed by atoms with Gasteiger partial charge in [-0.15, -0.1) is 5.10 Å². The van der Waals surface area contributed by atoms with E-state index in [0.717, 1.165) is 22.4 Å². The Morgan fingerprint density at radius 3 is 2.90 bits per heavy atom. The third-order valence-electron chi connectivity index (χ3n) is 6.67. The number of halogens is 1. The van der Waals surface area contributed by atoms with Crippen LogP contribution in [0.4, 0.5) is 5.82 Å². The number of aromatic nitrogens is 9. The van der Waals surface area contributed by atoms with Crippen LogP contribution in [0, 0.1) is 0 Å². The maximum Gasteiger partial charge on any atom is 0.261 e. The zero-order valence-corrected chi connectivity index (χ0v) is 23.2. The molecular weight excluding hydrogens is 566 g/mol. The molecule has 41 heavy (non-hydrogen) atoms. The summed E-state index contributed by atoms with van der Waals surface area (Å²) in [6.07, 6.45) is 5.70. The summed E-state index contributed by atoms with van der Waals surface area (Å²) in [6, 6.07) is 9.20. The van der Waals surface area contributed by atoms with Crippen molar-refractivity contribution in [3.63, 3.8) is 0 Å². The van der Waals surface area contributed by atoms with E-state index < -0.39 is 0 Å². The van der Waals surface area contributed by atoms with Crippen LogP contribution in [-0.4, -0.2) is 76.7 Å².